The Morgan fingerprint density at radius 1 is 1.43 bits per heavy atom. The van der Waals surface area contributed by atoms with E-state index in [1.165, 1.54) is 0 Å². The van der Waals surface area contributed by atoms with Crippen LogP contribution in [0.5, 0.6) is 0 Å². The smallest absolute Gasteiger partial charge is 0.143 e. The van der Waals surface area contributed by atoms with Crippen molar-refractivity contribution in [2.75, 3.05) is 0 Å². The molecule has 0 saturated heterocycles. The van der Waals surface area contributed by atoms with E-state index in [1.807, 2.05) is 6.92 Å². The molecule has 0 heterocycles. The van der Waals surface area contributed by atoms with Gasteiger partial charge in [-0.05, 0) is 53.7 Å². The molecule has 0 atom stereocenters. The molecule has 76 valence electrons. The molecule has 1 fully saturated rings. The number of hydrogen-bond acceptors (Lipinski definition) is 1. The molecule has 0 aliphatic heterocycles. The predicted octanol–water partition coefficient (Wildman–Crippen LogP) is 3.27. The first-order chi connectivity index (χ1) is 6.53. The quantitative estimate of drug-likeness (QED) is 0.820. The SMILES string of the molecule is Cc1cc(Br)c(F)c(C2(O)CCC2)c1. The maximum absolute atomic E-state index is 13.7. The van der Waals surface area contributed by atoms with Crippen LogP contribution in [0.15, 0.2) is 16.6 Å². The molecule has 0 unspecified atom stereocenters. The van der Waals surface area contributed by atoms with Gasteiger partial charge in [-0.1, -0.05) is 6.07 Å². The summed E-state index contributed by atoms with van der Waals surface area (Å²) >= 11 is 3.16. The highest BCUT2D eigenvalue weighted by Gasteiger charge is 2.38. The number of benzene rings is 1. The van der Waals surface area contributed by atoms with Crippen LogP contribution in [0, 0.1) is 12.7 Å². The predicted molar refractivity (Wildman–Crippen MR) is 56.6 cm³/mol. The number of hydrogen-bond donors (Lipinski definition) is 1. The summed E-state index contributed by atoms with van der Waals surface area (Å²) in [5.74, 6) is -0.321. The Labute approximate surface area is 91.1 Å². The van der Waals surface area contributed by atoms with Crippen LogP contribution in [0.1, 0.15) is 30.4 Å². The maximum atomic E-state index is 13.7. The van der Waals surface area contributed by atoms with Crippen molar-refractivity contribution < 1.29 is 9.50 Å². The van der Waals surface area contributed by atoms with Gasteiger partial charge in [0.25, 0.3) is 0 Å². The van der Waals surface area contributed by atoms with Gasteiger partial charge in [0.15, 0.2) is 0 Å². The van der Waals surface area contributed by atoms with Crippen molar-refractivity contribution in [3.8, 4) is 0 Å². The van der Waals surface area contributed by atoms with Gasteiger partial charge in [-0.2, -0.15) is 0 Å². The van der Waals surface area contributed by atoms with Gasteiger partial charge in [0.1, 0.15) is 5.82 Å². The lowest BCUT2D eigenvalue weighted by atomic mass is 9.74. The van der Waals surface area contributed by atoms with E-state index in [0.717, 1.165) is 12.0 Å². The van der Waals surface area contributed by atoms with Gasteiger partial charge in [-0.25, -0.2) is 4.39 Å². The molecular formula is C11H12BrFO. The molecule has 1 aliphatic rings. The zero-order valence-electron chi connectivity index (χ0n) is 7.98. The van der Waals surface area contributed by atoms with Gasteiger partial charge in [0.05, 0.1) is 10.1 Å². The fraction of sp³-hybridized carbons (Fsp3) is 0.455. The molecule has 0 bridgehead atoms. The minimum Gasteiger partial charge on any atom is -0.385 e. The zero-order valence-corrected chi connectivity index (χ0v) is 9.57. The Morgan fingerprint density at radius 3 is 2.57 bits per heavy atom. The van der Waals surface area contributed by atoms with Crippen molar-refractivity contribution in [3.05, 3.63) is 33.5 Å². The molecule has 1 N–H and O–H groups in total. The lowest BCUT2D eigenvalue weighted by Crippen LogP contribution is -2.34. The second-order valence-electron chi connectivity index (χ2n) is 3.99. The van der Waals surface area contributed by atoms with Gasteiger partial charge in [0.2, 0.25) is 0 Å². The van der Waals surface area contributed by atoms with Crippen LogP contribution < -0.4 is 0 Å². The highest BCUT2D eigenvalue weighted by atomic mass is 79.9. The maximum Gasteiger partial charge on any atom is 0.143 e. The average Bonchev–Trinajstić information content (AvgIpc) is 2.07. The second-order valence-corrected chi connectivity index (χ2v) is 4.85. The van der Waals surface area contributed by atoms with Crippen LogP contribution in [-0.2, 0) is 5.60 Å². The van der Waals surface area contributed by atoms with E-state index in [9.17, 15) is 9.50 Å². The average molecular weight is 259 g/mol. The summed E-state index contributed by atoms with van der Waals surface area (Å²) in [6.45, 7) is 1.90. The van der Waals surface area contributed by atoms with Crippen LogP contribution >= 0.6 is 15.9 Å². The number of rotatable bonds is 1. The highest BCUT2D eigenvalue weighted by Crippen LogP contribution is 2.43. The molecule has 2 rings (SSSR count). The third-order valence-electron chi connectivity index (χ3n) is 2.85. The van der Waals surface area contributed by atoms with E-state index in [2.05, 4.69) is 15.9 Å². The van der Waals surface area contributed by atoms with Crippen LogP contribution in [-0.4, -0.2) is 5.11 Å². The summed E-state index contributed by atoms with van der Waals surface area (Å²) in [6, 6.07) is 3.46. The lowest BCUT2D eigenvalue weighted by Gasteiger charge is -2.37. The minimum absolute atomic E-state index is 0.321. The number of halogens is 2. The van der Waals surface area contributed by atoms with Crippen molar-refractivity contribution >= 4 is 15.9 Å². The molecule has 1 nitrogen and oxygen atoms in total. The molecule has 0 amide bonds. The summed E-state index contributed by atoms with van der Waals surface area (Å²) < 4.78 is 14.1. The van der Waals surface area contributed by atoms with Crippen molar-refractivity contribution in [2.45, 2.75) is 31.8 Å². The van der Waals surface area contributed by atoms with Crippen LogP contribution in [0.4, 0.5) is 4.39 Å². The summed E-state index contributed by atoms with van der Waals surface area (Å²) in [5, 5.41) is 10.1. The van der Waals surface area contributed by atoms with Gasteiger partial charge in [-0.3, -0.25) is 0 Å². The largest absolute Gasteiger partial charge is 0.385 e. The van der Waals surface area contributed by atoms with Crippen molar-refractivity contribution in [2.24, 2.45) is 0 Å². The Morgan fingerprint density at radius 2 is 2.07 bits per heavy atom. The highest BCUT2D eigenvalue weighted by molar-refractivity contribution is 9.10. The Hall–Kier alpha value is -0.410. The minimum atomic E-state index is -0.918. The molecular weight excluding hydrogens is 247 g/mol. The Bertz CT molecular complexity index is 372. The molecule has 1 aliphatic carbocycles. The summed E-state index contributed by atoms with van der Waals surface area (Å²) in [5.41, 5.74) is 0.489. The van der Waals surface area contributed by atoms with Crippen molar-refractivity contribution in [1.82, 2.24) is 0 Å². The standard InChI is InChI=1S/C11H12BrFO/c1-7-5-8(10(13)9(12)6-7)11(14)3-2-4-11/h5-6,14H,2-4H2,1H3. The number of aliphatic hydroxyl groups is 1. The number of aryl methyl sites for hydroxylation is 1. The van der Waals surface area contributed by atoms with Crippen LogP contribution in [0.3, 0.4) is 0 Å². The molecule has 0 radical (unpaired) electrons. The van der Waals surface area contributed by atoms with Crippen LogP contribution in [0.2, 0.25) is 0 Å². The molecule has 1 aromatic rings. The first-order valence-electron chi connectivity index (χ1n) is 4.71. The van der Waals surface area contributed by atoms with E-state index in [0.29, 0.717) is 22.9 Å². The molecule has 0 spiro atoms. The zero-order chi connectivity index (χ0) is 10.3. The fourth-order valence-corrected chi connectivity index (χ4v) is 2.42. The Kier molecular flexibility index (Phi) is 2.40. The van der Waals surface area contributed by atoms with E-state index in [4.69, 9.17) is 0 Å². The normalized spacial score (nSPS) is 19.1. The molecule has 14 heavy (non-hydrogen) atoms. The molecule has 0 aromatic heterocycles. The van der Waals surface area contributed by atoms with E-state index < -0.39 is 5.60 Å². The summed E-state index contributed by atoms with van der Waals surface area (Å²) in [7, 11) is 0. The molecule has 1 saturated carbocycles. The monoisotopic (exact) mass is 258 g/mol. The lowest BCUT2D eigenvalue weighted by molar-refractivity contribution is -0.0417. The van der Waals surface area contributed by atoms with E-state index in [1.54, 1.807) is 12.1 Å². The topological polar surface area (TPSA) is 20.2 Å². The third-order valence-corrected chi connectivity index (χ3v) is 3.43. The fourth-order valence-electron chi connectivity index (χ4n) is 1.84. The van der Waals surface area contributed by atoms with Crippen molar-refractivity contribution in [3.63, 3.8) is 0 Å². The summed E-state index contributed by atoms with van der Waals surface area (Å²) in [6.07, 6.45) is 2.31. The second kappa shape index (κ2) is 3.31. The Balaban J connectivity index is 2.51. The van der Waals surface area contributed by atoms with E-state index in [-0.39, 0.29) is 5.82 Å². The molecule has 1 aromatic carbocycles. The van der Waals surface area contributed by atoms with Gasteiger partial charge >= 0.3 is 0 Å². The van der Waals surface area contributed by atoms with Gasteiger partial charge < -0.3 is 5.11 Å². The third kappa shape index (κ3) is 1.48. The molecule has 3 heteroatoms. The first-order valence-corrected chi connectivity index (χ1v) is 5.51. The summed E-state index contributed by atoms with van der Waals surface area (Å²) in [4.78, 5) is 0. The first kappa shape index (κ1) is 10.1. The van der Waals surface area contributed by atoms with Gasteiger partial charge in [0, 0.05) is 5.56 Å². The van der Waals surface area contributed by atoms with Gasteiger partial charge in [-0.15, -0.1) is 0 Å². The van der Waals surface area contributed by atoms with E-state index >= 15 is 0 Å². The van der Waals surface area contributed by atoms with Crippen molar-refractivity contribution in [1.29, 1.82) is 0 Å². The van der Waals surface area contributed by atoms with Crippen LogP contribution in [0.25, 0.3) is 0 Å².